The highest BCUT2D eigenvalue weighted by molar-refractivity contribution is 5.45. The van der Waals surface area contributed by atoms with Crippen molar-refractivity contribution >= 4 is 11.6 Å². The molecule has 0 saturated carbocycles. The zero-order chi connectivity index (χ0) is 14.0. The number of aryl methyl sites for hydroxylation is 1. The van der Waals surface area contributed by atoms with Crippen molar-refractivity contribution < 1.29 is 4.52 Å². The molecule has 0 aliphatic carbocycles. The lowest BCUT2D eigenvalue weighted by atomic mass is 9.96. The second-order valence-corrected chi connectivity index (χ2v) is 5.54. The minimum absolute atomic E-state index is 0.144. The summed E-state index contributed by atoms with van der Waals surface area (Å²) in [5, 5.41) is 6.99. The van der Waals surface area contributed by atoms with Gasteiger partial charge in [-0.15, -0.1) is 0 Å². The van der Waals surface area contributed by atoms with Gasteiger partial charge >= 0.3 is 0 Å². The number of nitrogens with two attached hydrogens (primary N) is 1. The molecule has 0 radical (unpaired) electrons. The van der Waals surface area contributed by atoms with E-state index in [4.69, 9.17) is 10.3 Å². The summed E-state index contributed by atoms with van der Waals surface area (Å²) in [6, 6.07) is 3.58. The minimum Gasteiger partial charge on any atom is -0.384 e. The molecule has 0 amide bonds. The normalized spacial score (nSPS) is 11.6. The molecule has 6 heteroatoms. The Morgan fingerprint density at radius 2 is 2.00 bits per heavy atom. The van der Waals surface area contributed by atoms with E-state index in [-0.39, 0.29) is 5.41 Å². The largest absolute Gasteiger partial charge is 0.384 e. The lowest BCUT2D eigenvalue weighted by Gasteiger charge is -2.17. The first-order valence-corrected chi connectivity index (χ1v) is 6.16. The molecular weight excluding hydrogens is 242 g/mol. The van der Waals surface area contributed by atoms with Crippen LogP contribution in [0.5, 0.6) is 0 Å². The van der Waals surface area contributed by atoms with Crippen molar-refractivity contribution in [3.8, 4) is 0 Å². The highest BCUT2D eigenvalue weighted by Crippen LogP contribution is 2.21. The van der Waals surface area contributed by atoms with Crippen molar-refractivity contribution in [3.05, 3.63) is 29.4 Å². The SMILES string of the molecule is Cc1cc(CNc2cc(N)nc(C(C)(C)C)n2)on1. The van der Waals surface area contributed by atoms with Crippen LogP contribution in [0.15, 0.2) is 16.7 Å². The van der Waals surface area contributed by atoms with Gasteiger partial charge in [0.1, 0.15) is 17.5 Å². The summed E-state index contributed by atoms with van der Waals surface area (Å²) in [5.41, 5.74) is 6.51. The van der Waals surface area contributed by atoms with Crippen LogP contribution in [-0.2, 0) is 12.0 Å². The van der Waals surface area contributed by atoms with Crippen molar-refractivity contribution in [1.82, 2.24) is 15.1 Å². The Morgan fingerprint density at radius 3 is 2.58 bits per heavy atom. The van der Waals surface area contributed by atoms with Crippen LogP contribution in [0.3, 0.4) is 0 Å². The molecule has 3 N–H and O–H groups in total. The number of rotatable bonds is 3. The Labute approximate surface area is 112 Å². The molecular formula is C13H19N5O. The molecule has 2 heterocycles. The Bertz CT molecular complexity index is 571. The topological polar surface area (TPSA) is 89.9 Å². The van der Waals surface area contributed by atoms with E-state index in [1.54, 1.807) is 6.07 Å². The third kappa shape index (κ3) is 3.43. The maximum Gasteiger partial charge on any atom is 0.156 e. The van der Waals surface area contributed by atoms with Crippen molar-refractivity contribution in [1.29, 1.82) is 0 Å². The van der Waals surface area contributed by atoms with E-state index in [0.717, 1.165) is 11.5 Å². The predicted molar refractivity (Wildman–Crippen MR) is 73.7 cm³/mol. The second-order valence-electron chi connectivity index (χ2n) is 5.54. The number of anilines is 2. The molecule has 0 saturated heterocycles. The average Bonchev–Trinajstić information content (AvgIpc) is 2.71. The fourth-order valence-electron chi connectivity index (χ4n) is 1.57. The molecule has 0 aliphatic heterocycles. The second kappa shape index (κ2) is 4.87. The molecule has 0 aromatic carbocycles. The number of nitrogen functional groups attached to an aromatic ring is 1. The van der Waals surface area contributed by atoms with E-state index in [1.165, 1.54) is 0 Å². The summed E-state index contributed by atoms with van der Waals surface area (Å²) in [6.07, 6.45) is 0. The summed E-state index contributed by atoms with van der Waals surface area (Å²) >= 11 is 0. The molecule has 102 valence electrons. The molecule has 0 aliphatic rings. The zero-order valence-corrected chi connectivity index (χ0v) is 11.7. The Hall–Kier alpha value is -2.11. The number of hydrogen-bond acceptors (Lipinski definition) is 6. The summed E-state index contributed by atoms with van der Waals surface area (Å²) in [5.74, 6) is 2.61. The van der Waals surface area contributed by atoms with Crippen LogP contribution in [0, 0.1) is 6.92 Å². The standard InChI is InChI=1S/C13H19N5O/c1-8-5-9(19-18-8)7-15-11-6-10(14)16-12(17-11)13(2,3)4/h5-6H,7H2,1-4H3,(H3,14,15,16,17). The monoisotopic (exact) mass is 261 g/mol. The smallest absolute Gasteiger partial charge is 0.156 e. The van der Waals surface area contributed by atoms with Crippen molar-refractivity contribution in [2.45, 2.75) is 39.7 Å². The van der Waals surface area contributed by atoms with E-state index < -0.39 is 0 Å². The van der Waals surface area contributed by atoms with E-state index in [1.807, 2.05) is 33.8 Å². The minimum atomic E-state index is -0.144. The first-order valence-electron chi connectivity index (χ1n) is 6.16. The summed E-state index contributed by atoms with van der Waals surface area (Å²) in [7, 11) is 0. The first-order chi connectivity index (χ1) is 8.84. The van der Waals surface area contributed by atoms with E-state index in [2.05, 4.69) is 20.4 Å². The van der Waals surface area contributed by atoms with Crippen LogP contribution in [-0.4, -0.2) is 15.1 Å². The van der Waals surface area contributed by atoms with Gasteiger partial charge in [-0.2, -0.15) is 0 Å². The fourth-order valence-corrected chi connectivity index (χ4v) is 1.57. The highest BCUT2D eigenvalue weighted by atomic mass is 16.5. The predicted octanol–water partition coefficient (Wildman–Crippen LogP) is 2.26. The summed E-state index contributed by atoms with van der Waals surface area (Å²) in [6.45, 7) is 8.54. The lowest BCUT2D eigenvalue weighted by Crippen LogP contribution is -2.18. The van der Waals surface area contributed by atoms with Gasteiger partial charge in [0.05, 0.1) is 12.2 Å². The van der Waals surface area contributed by atoms with Gasteiger partial charge in [-0.1, -0.05) is 25.9 Å². The third-order valence-electron chi connectivity index (χ3n) is 2.54. The number of nitrogens with one attached hydrogen (secondary N) is 1. The quantitative estimate of drug-likeness (QED) is 0.880. The molecule has 0 bridgehead atoms. The van der Waals surface area contributed by atoms with Crippen LogP contribution in [0.2, 0.25) is 0 Å². The summed E-state index contributed by atoms with van der Waals surface area (Å²) in [4.78, 5) is 8.72. The molecule has 0 spiro atoms. The van der Waals surface area contributed by atoms with Crippen molar-refractivity contribution in [2.75, 3.05) is 11.1 Å². The maximum atomic E-state index is 5.80. The van der Waals surface area contributed by atoms with Crippen molar-refractivity contribution in [2.24, 2.45) is 0 Å². The van der Waals surface area contributed by atoms with Gasteiger partial charge in [0, 0.05) is 17.5 Å². The fraction of sp³-hybridized carbons (Fsp3) is 0.462. The Morgan fingerprint density at radius 1 is 1.26 bits per heavy atom. The third-order valence-corrected chi connectivity index (χ3v) is 2.54. The van der Waals surface area contributed by atoms with E-state index >= 15 is 0 Å². The first kappa shape index (κ1) is 13.3. The molecule has 0 atom stereocenters. The summed E-state index contributed by atoms with van der Waals surface area (Å²) < 4.78 is 5.13. The van der Waals surface area contributed by atoms with Gasteiger partial charge < -0.3 is 15.6 Å². The van der Waals surface area contributed by atoms with Crippen LogP contribution >= 0.6 is 0 Å². The van der Waals surface area contributed by atoms with Crippen molar-refractivity contribution in [3.63, 3.8) is 0 Å². The van der Waals surface area contributed by atoms with Crippen LogP contribution < -0.4 is 11.1 Å². The lowest BCUT2D eigenvalue weighted by molar-refractivity contribution is 0.384. The van der Waals surface area contributed by atoms with Gasteiger partial charge in [0.25, 0.3) is 0 Å². The van der Waals surface area contributed by atoms with Gasteiger partial charge in [-0.3, -0.25) is 0 Å². The van der Waals surface area contributed by atoms with Crippen LogP contribution in [0.25, 0.3) is 0 Å². The van der Waals surface area contributed by atoms with Gasteiger partial charge in [0.2, 0.25) is 0 Å². The molecule has 19 heavy (non-hydrogen) atoms. The van der Waals surface area contributed by atoms with Gasteiger partial charge in [-0.05, 0) is 6.92 Å². The molecule has 2 aromatic heterocycles. The maximum absolute atomic E-state index is 5.80. The molecule has 0 unspecified atom stereocenters. The average molecular weight is 261 g/mol. The Kier molecular flexibility index (Phi) is 3.42. The molecule has 2 aromatic rings. The van der Waals surface area contributed by atoms with Gasteiger partial charge in [0.15, 0.2) is 5.76 Å². The Balaban J connectivity index is 2.14. The number of hydrogen-bond donors (Lipinski definition) is 2. The van der Waals surface area contributed by atoms with E-state index in [0.29, 0.717) is 24.0 Å². The zero-order valence-electron chi connectivity index (χ0n) is 11.7. The number of aromatic nitrogens is 3. The van der Waals surface area contributed by atoms with E-state index in [9.17, 15) is 0 Å². The van der Waals surface area contributed by atoms with Crippen LogP contribution in [0.4, 0.5) is 11.6 Å². The molecule has 6 nitrogen and oxygen atoms in total. The van der Waals surface area contributed by atoms with Crippen LogP contribution in [0.1, 0.15) is 38.0 Å². The molecule has 2 rings (SSSR count). The van der Waals surface area contributed by atoms with Gasteiger partial charge in [-0.25, -0.2) is 9.97 Å². The molecule has 0 fully saturated rings. The number of nitrogens with zero attached hydrogens (tertiary/aromatic N) is 3. The highest BCUT2D eigenvalue weighted by Gasteiger charge is 2.18.